The van der Waals surface area contributed by atoms with Crippen LogP contribution in [0.2, 0.25) is 0 Å². The van der Waals surface area contributed by atoms with Gasteiger partial charge in [-0.05, 0) is 6.07 Å². The number of hydrogen-bond acceptors (Lipinski definition) is 5. The maximum absolute atomic E-state index is 12.2. The summed E-state index contributed by atoms with van der Waals surface area (Å²) in [6.45, 7) is 0.626. The number of aliphatic carboxylic acids is 1. The number of carboxylic acids is 1. The van der Waals surface area contributed by atoms with Crippen molar-refractivity contribution in [1.29, 1.82) is 0 Å². The third-order valence-corrected chi connectivity index (χ3v) is 2.82. The quantitative estimate of drug-likeness (QED) is 0.829. The van der Waals surface area contributed by atoms with Crippen molar-refractivity contribution in [2.45, 2.75) is 6.10 Å². The first-order valence-corrected chi connectivity index (χ1v) is 5.75. The molecule has 1 unspecified atom stereocenters. The summed E-state index contributed by atoms with van der Waals surface area (Å²) in [5.74, 6) is -0.906. The first-order valence-electron chi connectivity index (χ1n) is 5.75. The van der Waals surface area contributed by atoms with Crippen molar-refractivity contribution in [3.8, 4) is 5.88 Å². The molecule has 1 aromatic heterocycles. The van der Waals surface area contributed by atoms with E-state index < -0.39 is 12.1 Å². The standard InChI is InChI=1S/C12H14N2O5/c1-18-10-3-2-8(6-13-10)11(15)14-4-5-19-9(7-14)12(16)17/h2-3,6,9H,4-5,7H2,1H3,(H,16,17). The molecule has 2 rings (SSSR count). The van der Waals surface area contributed by atoms with Gasteiger partial charge in [0.1, 0.15) is 0 Å². The predicted molar refractivity (Wildman–Crippen MR) is 64.1 cm³/mol. The molecule has 7 heteroatoms. The van der Waals surface area contributed by atoms with Gasteiger partial charge >= 0.3 is 5.97 Å². The van der Waals surface area contributed by atoms with Crippen LogP contribution < -0.4 is 4.74 Å². The van der Waals surface area contributed by atoms with E-state index in [0.717, 1.165) is 0 Å². The molecule has 2 heterocycles. The lowest BCUT2D eigenvalue weighted by Crippen LogP contribution is -2.48. The van der Waals surface area contributed by atoms with E-state index in [1.54, 1.807) is 12.1 Å². The number of aromatic nitrogens is 1. The van der Waals surface area contributed by atoms with Gasteiger partial charge < -0.3 is 19.5 Å². The van der Waals surface area contributed by atoms with Crippen LogP contribution >= 0.6 is 0 Å². The SMILES string of the molecule is COc1ccc(C(=O)N2CCOC(C(=O)O)C2)cn1. The third-order valence-electron chi connectivity index (χ3n) is 2.82. The molecule has 0 aromatic carbocycles. The zero-order valence-corrected chi connectivity index (χ0v) is 10.4. The minimum absolute atomic E-state index is 0.0419. The van der Waals surface area contributed by atoms with Crippen molar-refractivity contribution in [2.24, 2.45) is 0 Å². The first kappa shape index (κ1) is 13.3. The highest BCUT2D eigenvalue weighted by atomic mass is 16.5. The van der Waals surface area contributed by atoms with E-state index in [0.29, 0.717) is 18.0 Å². The lowest BCUT2D eigenvalue weighted by atomic mass is 10.2. The molecular weight excluding hydrogens is 252 g/mol. The van der Waals surface area contributed by atoms with E-state index in [-0.39, 0.29) is 19.1 Å². The number of pyridine rings is 1. The molecule has 19 heavy (non-hydrogen) atoms. The summed E-state index contributed by atoms with van der Waals surface area (Å²) in [6, 6.07) is 3.18. The molecule has 0 radical (unpaired) electrons. The van der Waals surface area contributed by atoms with Crippen LogP contribution in [0.5, 0.6) is 5.88 Å². The number of rotatable bonds is 3. The molecule has 1 aromatic rings. The maximum atomic E-state index is 12.2. The van der Waals surface area contributed by atoms with E-state index in [1.165, 1.54) is 18.2 Å². The molecule has 1 atom stereocenters. The normalized spacial score (nSPS) is 19.0. The molecule has 0 aliphatic carbocycles. The van der Waals surface area contributed by atoms with Gasteiger partial charge in [-0.25, -0.2) is 9.78 Å². The Kier molecular flexibility index (Phi) is 3.96. The molecule has 1 amide bonds. The van der Waals surface area contributed by atoms with Gasteiger partial charge in [0.05, 0.1) is 25.8 Å². The van der Waals surface area contributed by atoms with Gasteiger partial charge in [0.2, 0.25) is 5.88 Å². The summed E-state index contributed by atoms with van der Waals surface area (Å²) in [7, 11) is 1.49. The lowest BCUT2D eigenvalue weighted by Gasteiger charge is -2.30. The van der Waals surface area contributed by atoms with Crippen molar-refractivity contribution in [1.82, 2.24) is 9.88 Å². The van der Waals surface area contributed by atoms with Gasteiger partial charge in [0.15, 0.2) is 6.10 Å². The molecule has 0 bridgehead atoms. The minimum Gasteiger partial charge on any atom is -0.481 e. The zero-order valence-electron chi connectivity index (χ0n) is 10.4. The van der Waals surface area contributed by atoms with E-state index in [4.69, 9.17) is 14.6 Å². The molecule has 7 nitrogen and oxygen atoms in total. The molecule has 1 aliphatic rings. The number of hydrogen-bond donors (Lipinski definition) is 1. The number of carbonyl (C=O) groups excluding carboxylic acids is 1. The van der Waals surface area contributed by atoms with Gasteiger partial charge in [0, 0.05) is 18.8 Å². The van der Waals surface area contributed by atoms with Crippen LogP contribution in [-0.2, 0) is 9.53 Å². The number of amides is 1. The van der Waals surface area contributed by atoms with Crippen LogP contribution in [0, 0.1) is 0 Å². The maximum Gasteiger partial charge on any atom is 0.334 e. The number of nitrogens with zero attached hydrogens (tertiary/aromatic N) is 2. The fourth-order valence-electron chi connectivity index (χ4n) is 1.79. The van der Waals surface area contributed by atoms with Crippen molar-refractivity contribution in [3.63, 3.8) is 0 Å². The summed E-state index contributed by atoms with van der Waals surface area (Å²) in [4.78, 5) is 28.4. The minimum atomic E-state index is -1.06. The summed E-state index contributed by atoms with van der Waals surface area (Å²) < 4.78 is 9.97. The Balaban J connectivity index is 2.07. The molecular formula is C12H14N2O5. The van der Waals surface area contributed by atoms with Crippen LogP contribution in [0.15, 0.2) is 18.3 Å². The van der Waals surface area contributed by atoms with E-state index in [9.17, 15) is 9.59 Å². The fourth-order valence-corrected chi connectivity index (χ4v) is 1.79. The number of morpholine rings is 1. The highest BCUT2D eigenvalue weighted by Crippen LogP contribution is 2.12. The van der Waals surface area contributed by atoms with Gasteiger partial charge in [-0.3, -0.25) is 4.79 Å². The monoisotopic (exact) mass is 266 g/mol. The lowest BCUT2D eigenvalue weighted by molar-refractivity contribution is -0.154. The molecule has 0 spiro atoms. The average Bonchev–Trinajstić information content (AvgIpc) is 2.46. The topological polar surface area (TPSA) is 89.0 Å². The second-order valence-electron chi connectivity index (χ2n) is 4.04. The number of carboxylic acid groups (broad SMARTS) is 1. The summed E-state index contributed by atoms with van der Waals surface area (Å²) in [5, 5.41) is 8.88. The average molecular weight is 266 g/mol. The van der Waals surface area contributed by atoms with Crippen molar-refractivity contribution in [2.75, 3.05) is 26.8 Å². The van der Waals surface area contributed by atoms with Crippen LogP contribution in [0.4, 0.5) is 0 Å². The molecule has 102 valence electrons. The highest BCUT2D eigenvalue weighted by Gasteiger charge is 2.29. The van der Waals surface area contributed by atoms with Crippen molar-refractivity contribution < 1.29 is 24.2 Å². The fraction of sp³-hybridized carbons (Fsp3) is 0.417. The van der Waals surface area contributed by atoms with Crippen LogP contribution in [-0.4, -0.2) is 59.8 Å². The highest BCUT2D eigenvalue weighted by molar-refractivity contribution is 5.94. The number of ether oxygens (including phenoxy) is 2. The predicted octanol–water partition coefficient (Wildman–Crippen LogP) is 0.0158. The van der Waals surface area contributed by atoms with Gasteiger partial charge in [-0.2, -0.15) is 0 Å². The van der Waals surface area contributed by atoms with E-state index in [1.807, 2.05) is 0 Å². The van der Waals surface area contributed by atoms with E-state index in [2.05, 4.69) is 4.98 Å². The Morgan fingerprint density at radius 3 is 2.89 bits per heavy atom. The smallest absolute Gasteiger partial charge is 0.334 e. The zero-order chi connectivity index (χ0) is 13.8. The largest absolute Gasteiger partial charge is 0.481 e. The summed E-state index contributed by atoms with van der Waals surface area (Å²) in [6.07, 6.45) is 0.441. The Bertz CT molecular complexity index is 474. The van der Waals surface area contributed by atoms with E-state index >= 15 is 0 Å². The third kappa shape index (κ3) is 3.00. The Morgan fingerprint density at radius 1 is 1.53 bits per heavy atom. The van der Waals surface area contributed by atoms with Crippen LogP contribution in [0.1, 0.15) is 10.4 Å². The molecule has 1 saturated heterocycles. The Hall–Kier alpha value is -2.15. The molecule has 1 N–H and O–H groups in total. The van der Waals surface area contributed by atoms with Gasteiger partial charge in [-0.15, -0.1) is 0 Å². The van der Waals surface area contributed by atoms with Crippen molar-refractivity contribution in [3.05, 3.63) is 23.9 Å². The molecule has 1 aliphatic heterocycles. The first-order chi connectivity index (χ1) is 9.11. The number of carbonyl (C=O) groups is 2. The van der Waals surface area contributed by atoms with Crippen LogP contribution in [0.25, 0.3) is 0 Å². The van der Waals surface area contributed by atoms with Gasteiger partial charge in [-0.1, -0.05) is 0 Å². The van der Waals surface area contributed by atoms with Crippen LogP contribution in [0.3, 0.4) is 0 Å². The number of methoxy groups -OCH3 is 1. The van der Waals surface area contributed by atoms with Crippen molar-refractivity contribution >= 4 is 11.9 Å². The second kappa shape index (κ2) is 5.66. The summed E-state index contributed by atoms with van der Waals surface area (Å²) in [5.41, 5.74) is 0.395. The Labute approximate surface area is 109 Å². The second-order valence-corrected chi connectivity index (χ2v) is 4.04. The van der Waals surface area contributed by atoms with Gasteiger partial charge in [0.25, 0.3) is 5.91 Å². The Morgan fingerprint density at radius 2 is 2.32 bits per heavy atom. The molecule has 0 saturated carbocycles. The molecule has 1 fully saturated rings. The summed E-state index contributed by atoms with van der Waals surface area (Å²) >= 11 is 0.